The van der Waals surface area contributed by atoms with Crippen LogP contribution in [0.4, 0.5) is 0 Å². The topological polar surface area (TPSA) is 95.1 Å². The average Bonchev–Trinajstić information content (AvgIpc) is 3.09. The Morgan fingerprint density at radius 2 is 0.857 bits per heavy atom. The lowest BCUT2D eigenvalue weighted by Gasteiger charge is -2.22. The third-order valence-corrected chi connectivity index (χ3v) is 8.83. The molecule has 256 valence electrons. The molecule has 0 saturated carbocycles. The van der Waals surface area contributed by atoms with Gasteiger partial charge in [0.2, 0.25) is 0 Å². The van der Waals surface area contributed by atoms with Crippen LogP contribution in [0.15, 0.2) is 72.8 Å². The fourth-order valence-electron chi connectivity index (χ4n) is 6.56. The molecule has 8 heteroatoms. The zero-order valence-electron chi connectivity index (χ0n) is 28.6. The molecule has 2 aliphatic rings. The van der Waals surface area contributed by atoms with Gasteiger partial charge in [-0.1, -0.05) is 86.6 Å². The molecule has 2 amide bonds. The molecule has 0 atom stereocenters. The highest BCUT2D eigenvalue weighted by molar-refractivity contribution is 5.78. The van der Waals surface area contributed by atoms with Crippen LogP contribution >= 0.6 is 0 Å². The van der Waals surface area contributed by atoms with Gasteiger partial charge in [-0.15, -0.1) is 0 Å². The summed E-state index contributed by atoms with van der Waals surface area (Å²) in [6.45, 7) is 5.94. The van der Waals surface area contributed by atoms with Crippen molar-refractivity contribution in [1.82, 2.24) is 10.6 Å². The van der Waals surface area contributed by atoms with Crippen LogP contribution in [-0.4, -0.2) is 51.3 Å². The molecule has 0 saturated heterocycles. The molecule has 1 aliphatic heterocycles. The molecule has 10 bridgehead atoms. The highest BCUT2D eigenvalue weighted by Gasteiger charge is 2.22. The maximum Gasteiger partial charge on any atom is 0.257 e. The number of para-hydroxylation sites is 4. The SMILES string of the molecule is CCCOc1c2cccc1Cc1cccc3c1OCC(=O)NCCCNC(=O)COc1c(cccc1Cc1cccc(c1OCCC)C3)C2. The molecular weight excluding hydrogens is 616 g/mol. The molecule has 2 N–H and O–H groups in total. The number of ether oxygens (including phenoxy) is 4. The van der Waals surface area contributed by atoms with E-state index in [4.69, 9.17) is 18.9 Å². The molecular formula is C41H46N2O6. The predicted molar refractivity (Wildman–Crippen MR) is 190 cm³/mol. The van der Waals surface area contributed by atoms with E-state index in [0.29, 0.717) is 69.9 Å². The Morgan fingerprint density at radius 3 is 1.18 bits per heavy atom. The van der Waals surface area contributed by atoms with Crippen molar-refractivity contribution >= 4 is 11.8 Å². The van der Waals surface area contributed by atoms with Crippen molar-refractivity contribution in [3.05, 3.63) is 117 Å². The summed E-state index contributed by atoms with van der Waals surface area (Å²) in [6.07, 6.45) is 4.55. The standard InChI is InChI=1S/C41H46N2O6/c1-3-20-46-38-28-10-5-11-29(38)23-33-15-8-17-35-25-31-13-6-12-30(39(31)47-21-4-2)24-34-16-7-14-32(22-28)40(34)48-26-36(44)42-18-9-19-43-37(45)27-49-41(33)35/h5-8,10-17H,3-4,9,18-27H2,1-2H3,(H,42,44)(H,43,45). The summed E-state index contributed by atoms with van der Waals surface area (Å²) in [7, 11) is 0. The van der Waals surface area contributed by atoms with Gasteiger partial charge in [-0.2, -0.15) is 0 Å². The fourth-order valence-corrected chi connectivity index (χ4v) is 6.56. The highest BCUT2D eigenvalue weighted by Crippen LogP contribution is 2.39. The minimum atomic E-state index is -0.216. The summed E-state index contributed by atoms with van der Waals surface area (Å²) < 4.78 is 25.9. The highest BCUT2D eigenvalue weighted by atomic mass is 16.5. The second-order valence-corrected chi connectivity index (χ2v) is 12.7. The quantitative estimate of drug-likeness (QED) is 0.221. The number of rotatable bonds is 6. The molecule has 4 aromatic carbocycles. The van der Waals surface area contributed by atoms with Gasteiger partial charge in [0, 0.05) is 38.8 Å². The van der Waals surface area contributed by atoms with Gasteiger partial charge in [-0.3, -0.25) is 9.59 Å². The first-order chi connectivity index (χ1) is 24.0. The number of hydrogen-bond donors (Lipinski definition) is 2. The van der Waals surface area contributed by atoms with E-state index in [1.807, 2.05) is 0 Å². The van der Waals surface area contributed by atoms with Gasteiger partial charge >= 0.3 is 0 Å². The lowest BCUT2D eigenvalue weighted by Crippen LogP contribution is -2.34. The zero-order chi connectivity index (χ0) is 34.0. The number of fused-ring (bicyclic) bond motifs is 2. The molecule has 1 aliphatic carbocycles. The first-order valence-corrected chi connectivity index (χ1v) is 17.5. The third-order valence-electron chi connectivity index (χ3n) is 8.83. The molecule has 49 heavy (non-hydrogen) atoms. The molecule has 8 nitrogen and oxygen atoms in total. The maximum atomic E-state index is 13.0. The van der Waals surface area contributed by atoms with Gasteiger partial charge in [0.1, 0.15) is 23.0 Å². The number of hydrogen-bond acceptors (Lipinski definition) is 6. The minimum absolute atomic E-state index is 0.125. The third kappa shape index (κ3) is 8.37. The van der Waals surface area contributed by atoms with Crippen LogP contribution in [0.25, 0.3) is 0 Å². The summed E-state index contributed by atoms with van der Waals surface area (Å²) in [6, 6.07) is 25.0. The average molecular weight is 663 g/mol. The van der Waals surface area contributed by atoms with Gasteiger partial charge < -0.3 is 29.6 Å². The summed E-state index contributed by atoms with van der Waals surface area (Å²) in [4.78, 5) is 26.0. The van der Waals surface area contributed by atoms with Crippen LogP contribution in [0.5, 0.6) is 23.0 Å². The molecule has 0 aromatic heterocycles. The molecule has 1 heterocycles. The van der Waals surface area contributed by atoms with Gasteiger partial charge in [0.25, 0.3) is 11.8 Å². The van der Waals surface area contributed by atoms with Crippen LogP contribution in [0, 0.1) is 0 Å². The van der Waals surface area contributed by atoms with Gasteiger partial charge in [-0.05, 0) is 63.8 Å². The smallest absolute Gasteiger partial charge is 0.257 e. The monoisotopic (exact) mass is 662 g/mol. The summed E-state index contributed by atoms with van der Waals surface area (Å²) in [5.41, 5.74) is 8.04. The van der Waals surface area contributed by atoms with E-state index in [1.165, 1.54) is 0 Å². The number of carbonyl (C=O) groups is 2. The molecule has 4 aromatic rings. The van der Waals surface area contributed by atoms with E-state index in [2.05, 4.69) is 97.3 Å². The van der Waals surface area contributed by atoms with Gasteiger partial charge in [0.15, 0.2) is 13.2 Å². The van der Waals surface area contributed by atoms with Crippen molar-refractivity contribution in [2.75, 3.05) is 39.5 Å². The zero-order valence-corrected chi connectivity index (χ0v) is 28.6. The van der Waals surface area contributed by atoms with Crippen molar-refractivity contribution in [2.45, 2.75) is 58.8 Å². The molecule has 0 unspecified atom stereocenters. The van der Waals surface area contributed by atoms with E-state index in [1.54, 1.807) is 0 Å². The van der Waals surface area contributed by atoms with Crippen LogP contribution in [0.3, 0.4) is 0 Å². The largest absolute Gasteiger partial charge is 0.493 e. The van der Waals surface area contributed by atoms with Gasteiger partial charge in [-0.25, -0.2) is 0 Å². The van der Waals surface area contributed by atoms with Crippen LogP contribution in [0.2, 0.25) is 0 Å². The molecule has 0 radical (unpaired) electrons. The van der Waals surface area contributed by atoms with E-state index in [9.17, 15) is 9.59 Å². The number of amides is 2. The second-order valence-electron chi connectivity index (χ2n) is 12.7. The Balaban J connectivity index is 1.59. The molecule has 6 rings (SSSR count). The van der Waals surface area contributed by atoms with Crippen LogP contribution < -0.4 is 29.6 Å². The van der Waals surface area contributed by atoms with Crippen molar-refractivity contribution in [1.29, 1.82) is 0 Å². The first-order valence-electron chi connectivity index (χ1n) is 17.5. The summed E-state index contributed by atoms with van der Waals surface area (Å²) in [5, 5.41) is 5.86. The Kier molecular flexibility index (Phi) is 11.4. The summed E-state index contributed by atoms with van der Waals surface area (Å²) in [5.74, 6) is 2.65. The van der Waals surface area contributed by atoms with Crippen molar-refractivity contribution in [3.63, 3.8) is 0 Å². The Hall–Kier alpha value is -4.98. The maximum absolute atomic E-state index is 13.0. The first kappa shape index (κ1) is 33.9. The Labute approximate surface area is 289 Å². The normalized spacial score (nSPS) is 15.1. The lowest BCUT2D eigenvalue weighted by molar-refractivity contribution is -0.123. The minimum Gasteiger partial charge on any atom is -0.493 e. The lowest BCUT2D eigenvalue weighted by atomic mass is 9.91. The van der Waals surface area contributed by atoms with E-state index >= 15 is 0 Å². The van der Waals surface area contributed by atoms with Crippen molar-refractivity contribution < 1.29 is 28.5 Å². The van der Waals surface area contributed by atoms with E-state index in [-0.39, 0.29) is 25.0 Å². The second kappa shape index (κ2) is 16.4. The van der Waals surface area contributed by atoms with E-state index < -0.39 is 0 Å². The number of nitrogens with one attached hydrogen (secondary N) is 2. The Bertz CT molecular complexity index is 1570. The van der Waals surface area contributed by atoms with Crippen molar-refractivity contribution in [2.24, 2.45) is 0 Å². The van der Waals surface area contributed by atoms with Gasteiger partial charge in [0.05, 0.1) is 13.2 Å². The number of carbonyl (C=O) groups excluding carboxylic acids is 2. The predicted octanol–water partition coefficient (Wildman–Crippen LogP) is 6.33. The molecule has 0 spiro atoms. The van der Waals surface area contributed by atoms with Crippen LogP contribution in [0.1, 0.15) is 77.6 Å². The van der Waals surface area contributed by atoms with Crippen molar-refractivity contribution in [3.8, 4) is 23.0 Å². The summed E-state index contributed by atoms with van der Waals surface area (Å²) >= 11 is 0. The van der Waals surface area contributed by atoms with E-state index in [0.717, 1.165) is 68.8 Å². The van der Waals surface area contributed by atoms with Crippen LogP contribution in [-0.2, 0) is 35.3 Å². The number of benzene rings is 4. The fraction of sp³-hybridized carbons (Fsp3) is 0.366. The Morgan fingerprint density at radius 1 is 0.531 bits per heavy atom. The molecule has 0 fully saturated rings.